The Morgan fingerprint density at radius 3 is 2.61 bits per heavy atom. The number of anilines is 3. The second kappa shape index (κ2) is 11.6. The van der Waals surface area contributed by atoms with E-state index in [9.17, 15) is 13.2 Å². The van der Waals surface area contributed by atoms with Gasteiger partial charge in [-0.05, 0) is 66.5 Å². The fraction of sp³-hybridized carbons (Fsp3) is 0.320. The Labute approximate surface area is 228 Å². The van der Waals surface area contributed by atoms with Crippen LogP contribution in [0.25, 0.3) is 0 Å². The maximum atomic E-state index is 13.3. The number of aromatic nitrogens is 4. The summed E-state index contributed by atoms with van der Waals surface area (Å²) in [6, 6.07) is 12.2. The van der Waals surface area contributed by atoms with Crippen molar-refractivity contribution in [1.29, 1.82) is 0 Å². The molecular formula is C25H26N6O4S3. The van der Waals surface area contributed by atoms with Gasteiger partial charge in [-0.2, -0.15) is 0 Å². The Morgan fingerprint density at radius 1 is 1.13 bits per heavy atom. The van der Waals surface area contributed by atoms with Crippen molar-refractivity contribution in [1.82, 2.24) is 19.8 Å². The molecule has 2 aromatic heterocycles. The Morgan fingerprint density at radius 2 is 1.92 bits per heavy atom. The quantitative estimate of drug-likeness (QED) is 0.368. The Hall–Kier alpha value is -3.26. The van der Waals surface area contributed by atoms with Gasteiger partial charge in [-0.15, -0.1) is 15.3 Å². The van der Waals surface area contributed by atoms with Crippen molar-refractivity contribution >= 4 is 55.1 Å². The molecule has 1 fully saturated rings. The van der Waals surface area contributed by atoms with Gasteiger partial charge in [0.15, 0.2) is 0 Å². The topological polar surface area (TPSA) is 127 Å². The minimum Gasteiger partial charge on any atom is -0.381 e. The maximum absolute atomic E-state index is 13.3. The molecule has 38 heavy (non-hydrogen) atoms. The summed E-state index contributed by atoms with van der Waals surface area (Å²) in [4.78, 5) is 15.7. The molecule has 10 nitrogen and oxygen atoms in total. The highest BCUT2D eigenvalue weighted by atomic mass is 32.2. The second-order valence-electron chi connectivity index (χ2n) is 8.92. The molecule has 13 heteroatoms. The number of ether oxygens (including phenoxy) is 1. The zero-order valence-electron chi connectivity index (χ0n) is 20.6. The molecule has 2 aliphatic heterocycles. The van der Waals surface area contributed by atoms with Crippen LogP contribution in [0.15, 0.2) is 69.3 Å². The van der Waals surface area contributed by atoms with Gasteiger partial charge in [0, 0.05) is 25.6 Å². The number of nitrogens with one attached hydrogen (secondary N) is 1. The van der Waals surface area contributed by atoms with Crippen molar-refractivity contribution in [2.24, 2.45) is 5.92 Å². The van der Waals surface area contributed by atoms with E-state index < -0.39 is 15.8 Å². The summed E-state index contributed by atoms with van der Waals surface area (Å²) in [6.45, 7) is 1.38. The third-order valence-electron chi connectivity index (χ3n) is 6.65. The summed E-state index contributed by atoms with van der Waals surface area (Å²) in [7, 11) is -1.79. The van der Waals surface area contributed by atoms with Crippen LogP contribution in [0.4, 0.5) is 16.5 Å². The molecule has 6 rings (SSSR count). The Bertz CT molecular complexity index is 1460. The van der Waals surface area contributed by atoms with E-state index in [1.165, 1.54) is 22.9 Å². The van der Waals surface area contributed by atoms with E-state index in [2.05, 4.69) is 25.1 Å². The number of hydrogen-bond donors (Lipinski definition) is 1. The van der Waals surface area contributed by atoms with Gasteiger partial charge in [-0.3, -0.25) is 10.1 Å². The molecule has 0 saturated carbocycles. The lowest BCUT2D eigenvalue weighted by Gasteiger charge is -2.31. The SMILES string of the molecule is CN1c2ccccc2S(=O)(=O)c2ccc(C(CC3CCOCC3)C(=O)Nc3nncs3)cc21.c1csnn1. The average Bonchev–Trinajstić information content (AvgIpc) is 3.69. The minimum atomic E-state index is -3.64. The van der Waals surface area contributed by atoms with E-state index in [1.807, 2.05) is 29.5 Å². The van der Waals surface area contributed by atoms with Crippen LogP contribution in [-0.2, 0) is 19.4 Å². The van der Waals surface area contributed by atoms with Crippen LogP contribution in [0.5, 0.6) is 0 Å². The monoisotopic (exact) mass is 570 g/mol. The van der Waals surface area contributed by atoms with Gasteiger partial charge in [0.2, 0.25) is 20.9 Å². The van der Waals surface area contributed by atoms with Crippen LogP contribution in [0, 0.1) is 5.92 Å². The van der Waals surface area contributed by atoms with Gasteiger partial charge in [0.05, 0.1) is 33.3 Å². The van der Waals surface area contributed by atoms with E-state index in [4.69, 9.17) is 4.74 Å². The van der Waals surface area contributed by atoms with Crippen LogP contribution in [0.3, 0.4) is 0 Å². The third-order valence-corrected chi connectivity index (χ3v) is 9.54. The van der Waals surface area contributed by atoms with Gasteiger partial charge in [0.1, 0.15) is 5.51 Å². The van der Waals surface area contributed by atoms with Gasteiger partial charge in [0.25, 0.3) is 0 Å². The van der Waals surface area contributed by atoms with Crippen LogP contribution >= 0.6 is 22.9 Å². The van der Waals surface area contributed by atoms with Crippen LogP contribution < -0.4 is 10.2 Å². The fourth-order valence-corrected chi connectivity index (χ4v) is 7.13. The van der Waals surface area contributed by atoms with Crippen LogP contribution in [0.1, 0.15) is 30.7 Å². The van der Waals surface area contributed by atoms with Crippen molar-refractivity contribution in [3.63, 3.8) is 0 Å². The second-order valence-corrected chi connectivity index (χ2v) is 12.3. The molecule has 1 N–H and O–H groups in total. The summed E-state index contributed by atoms with van der Waals surface area (Å²) in [5.74, 6) is -0.266. The fourth-order valence-electron chi connectivity index (χ4n) is 4.72. The lowest BCUT2D eigenvalue weighted by Crippen LogP contribution is -2.27. The van der Waals surface area contributed by atoms with Crippen molar-refractivity contribution in [2.45, 2.75) is 35.0 Å². The van der Waals surface area contributed by atoms with Crippen molar-refractivity contribution in [3.8, 4) is 0 Å². The first-order valence-corrected chi connectivity index (χ1v) is 15.2. The highest BCUT2D eigenvalue weighted by Gasteiger charge is 2.34. The summed E-state index contributed by atoms with van der Waals surface area (Å²) in [5, 5.41) is 16.4. The first-order chi connectivity index (χ1) is 18.4. The lowest BCUT2D eigenvalue weighted by atomic mass is 9.84. The lowest BCUT2D eigenvalue weighted by molar-refractivity contribution is -0.118. The molecule has 1 saturated heterocycles. The molecule has 1 unspecified atom stereocenters. The van der Waals surface area contributed by atoms with E-state index in [0.717, 1.165) is 18.4 Å². The molecule has 4 aromatic rings. The zero-order valence-corrected chi connectivity index (χ0v) is 23.0. The van der Waals surface area contributed by atoms with E-state index in [1.54, 1.807) is 42.0 Å². The standard InChI is InChI=1S/C23H24N4O4S2.C2H2N2S/c1-27-18-4-2-3-5-20(18)33(29,30)21-7-6-16(13-19(21)27)17(12-15-8-10-31-11-9-15)22(28)25-23-26-24-14-32-23;1-2-5-4-3-1/h2-7,13-15,17H,8-12H2,1H3,(H,25,26,28);1-2H. The number of carbonyl (C=O) groups excluding carboxylic acids is 1. The number of nitrogens with zero attached hydrogens (tertiary/aromatic N) is 5. The summed E-state index contributed by atoms with van der Waals surface area (Å²) in [5.41, 5.74) is 3.55. The normalized spacial score (nSPS) is 16.9. The van der Waals surface area contributed by atoms with Gasteiger partial charge >= 0.3 is 0 Å². The first-order valence-electron chi connectivity index (χ1n) is 12.0. The van der Waals surface area contributed by atoms with Crippen molar-refractivity contribution < 1.29 is 17.9 Å². The molecule has 0 bridgehead atoms. The van der Waals surface area contributed by atoms with Crippen molar-refractivity contribution in [2.75, 3.05) is 30.5 Å². The first kappa shape index (κ1) is 26.4. The number of rotatable bonds is 5. The van der Waals surface area contributed by atoms with E-state index >= 15 is 0 Å². The number of hydrogen-bond acceptors (Lipinski definition) is 11. The van der Waals surface area contributed by atoms with Gasteiger partial charge in [-0.25, -0.2) is 8.42 Å². The minimum absolute atomic E-state index is 0.167. The molecule has 1 amide bonds. The highest BCUT2D eigenvalue weighted by Crippen LogP contribution is 2.44. The summed E-state index contributed by atoms with van der Waals surface area (Å²) >= 11 is 2.62. The predicted octanol–water partition coefficient (Wildman–Crippen LogP) is 4.53. The van der Waals surface area contributed by atoms with E-state index in [0.29, 0.717) is 47.0 Å². The van der Waals surface area contributed by atoms with Crippen LogP contribution in [0.2, 0.25) is 0 Å². The zero-order chi connectivity index (χ0) is 26.5. The van der Waals surface area contributed by atoms with Crippen LogP contribution in [-0.4, -0.2) is 54.4 Å². The molecule has 198 valence electrons. The average molecular weight is 571 g/mol. The largest absolute Gasteiger partial charge is 0.381 e. The molecule has 2 aromatic carbocycles. The number of fused-ring (bicyclic) bond motifs is 2. The van der Waals surface area contributed by atoms with Gasteiger partial charge < -0.3 is 9.64 Å². The number of carbonyl (C=O) groups is 1. The Kier molecular flexibility index (Phi) is 8.07. The predicted molar refractivity (Wildman–Crippen MR) is 146 cm³/mol. The third kappa shape index (κ3) is 5.60. The molecule has 0 radical (unpaired) electrons. The number of benzene rings is 2. The number of sulfone groups is 1. The molecule has 2 aliphatic rings. The number of amides is 1. The van der Waals surface area contributed by atoms with E-state index in [-0.39, 0.29) is 10.8 Å². The Balaban J connectivity index is 0.000000529. The molecule has 4 heterocycles. The molecular weight excluding hydrogens is 545 g/mol. The summed E-state index contributed by atoms with van der Waals surface area (Å²) < 4.78 is 35.5. The molecule has 0 spiro atoms. The van der Waals surface area contributed by atoms with Crippen molar-refractivity contribution in [3.05, 3.63) is 65.1 Å². The van der Waals surface area contributed by atoms with Gasteiger partial charge in [-0.1, -0.05) is 34.0 Å². The highest BCUT2D eigenvalue weighted by molar-refractivity contribution is 7.92. The molecule has 0 aliphatic carbocycles. The smallest absolute Gasteiger partial charge is 0.233 e. The number of para-hydroxylation sites is 1. The maximum Gasteiger partial charge on any atom is 0.233 e. The molecule has 1 atom stereocenters. The summed E-state index contributed by atoms with van der Waals surface area (Å²) in [6.07, 6.45) is 4.11.